The molecule has 1 aliphatic heterocycles. The smallest absolute Gasteiger partial charge is 0.241 e. The van der Waals surface area contributed by atoms with E-state index in [-0.39, 0.29) is 0 Å². The lowest BCUT2D eigenvalue weighted by atomic mass is 10.1. The monoisotopic (exact) mass is 329 g/mol. The second kappa shape index (κ2) is 6.20. The van der Waals surface area contributed by atoms with Gasteiger partial charge in [-0.2, -0.15) is 0 Å². The van der Waals surface area contributed by atoms with Gasteiger partial charge >= 0.3 is 0 Å². The average molecular weight is 329 g/mol. The minimum Gasteiger partial charge on any atom is -0.476 e. The molecule has 3 aromatic rings. The summed E-state index contributed by atoms with van der Waals surface area (Å²) in [4.78, 5) is 0. The van der Waals surface area contributed by atoms with E-state index in [2.05, 4.69) is 10.4 Å². The van der Waals surface area contributed by atoms with Crippen molar-refractivity contribution in [1.82, 2.24) is 15.1 Å². The van der Waals surface area contributed by atoms with Gasteiger partial charge in [-0.25, -0.2) is 13.5 Å². The first kappa shape index (κ1) is 15.1. The van der Waals surface area contributed by atoms with Gasteiger partial charge in [0.2, 0.25) is 5.88 Å². The summed E-state index contributed by atoms with van der Waals surface area (Å²) in [7, 11) is 0. The van der Waals surface area contributed by atoms with Crippen molar-refractivity contribution < 1.29 is 13.5 Å². The van der Waals surface area contributed by atoms with Crippen LogP contribution < -0.4 is 10.1 Å². The fraction of sp³-hybridized carbons (Fsp3) is 0.278. The van der Waals surface area contributed by atoms with Gasteiger partial charge in [0.1, 0.15) is 0 Å². The van der Waals surface area contributed by atoms with Crippen LogP contribution in [0.4, 0.5) is 8.78 Å². The third-order valence-electron chi connectivity index (χ3n) is 4.32. The Balaban J connectivity index is 1.71. The number of halogens is 2. The maximum Gasteiger partial charge on any atom is 0.241 e. The molecule has 2 aromatic carbocycles. The Morgan fingerprint density at radius 3 is 2.83 bits per heavy atom. The molecule has 4 nitrogen and oxygen atoms in total. The zero-order valence-electron chi connectivity index (χ0n) is 13.0. The molecular weight excluding hydrogens is 312 g/mol. The van der Waals surface area contributed by atoms with E-state index < -0.39 is 11.6 Å². The van der Waals surface area contributed by atoms with Gasteiger partial charge in [0.15, 0.2) is 11.6 Å². The normalized spacial score (nSPS) is 17.5. The maximum atomic E-state index is 13.6. The van der Waals surface area contributed by atoms with Crippen LogP contribution in [0.3, 0.4) is 0 Å². The number of para-hydroxylation sites is 1. The third-order valence-corrected chi connectivity index (χ3v) is 4.32. The van der Waals surface area contributed by atoms with Gasteiger partial charge in [0, 0.05) is 18.5 Å². The van der Waals surface area contributed by atoms with Gasteiger partial charge in [-0.3, -0.25) is 0 Å². The number of rotatable bonds is 4. The number of aromatic nitrogens is 2. The first-order valence-corrected chi connectivity index (χ1v) is 7.99. The zero-order chi connectivity index (χ0) is 16.5. The fourth-order valence-electron chi connectivity index (χ4n) is 3.01. The number of hydrogen-bond donors (Lipinski definition) is 1. The highest BCUT2D eigenvalue weighted by Gasteiger charge is 2.18. The Bertz CT molecular complexity index is 872. The van der Waals surface area contributed by atoms with Crippen LogP contribution >= 0.6 is 0 Å². The Kier molecular flexibility index (Phi) is 3.90. The van der Waals surface area contributed by atoms with E-state index in [4.69, 9.17) is 4.74 Å². The number of hydrogen-bond acceptors (Lipinski definition) is 3. The summed E-state index contributed by atoms with van der Waals surface area (Å²) in [5, 5.41) is 8.64. The average Bonchev–Trinajstić information content (AvgIpc) is 3.23. The van der Waals surface area contributed by atoms with Crippen molar-refractivity contribution in [2.24, 2.45) is 5.92 Å². The molecule has 1 saturated heterocycles. The lowest BCUT2D eigenvalue weighted by molar-refractivity contribution is 0.252. The molecule has 1 aliphatic rings. The highest BCUT2D eigenvalue weighted by Crippen LogP contribution is 2.28. The van der Waals surface area contributed by atoms with Crippen LogP contribution in [0.1, 0.15) is 6.42 Å². The summed E-state index contributed by atoms with van der Waals surface area (Å²) in [6.45, 7) is 2.55. The molecule has 1 aromatic heterocycles. The van der Waals surface area contributed by atoms with Crippen LogP contribution in [0, 0.1) is 17.6 Å². The van der Waals surface area contributed by atoms with Crippen LogP contribution in [0.2, 0.25) is 0 Å². The molecule has 0 spiro atoms. The summed E-state index contributed by atoms with van der Waals surface area (Å²) in [6.07, 6.45) is 1.09. The lowest BCUT2D eigenvalue weighted by Crippen LogP contribution is -2.15. The Labute approximate surface area is 138 Å². The highest BCUT2D eigenvalue weighted by atomic mass is 19.2. The summed E-state index contributed by atoms with van der Waals surface area (Å²) in [5.74, 6) is -0.786. The van der Waals surface area contributed by atoms with Crippen molar-refractivity contribution >= 4 is 10.9 Å². The van der Waals surface area contributed by atoms with Gasteiger partial charge in [0.05, 0.1) is 23.2 Å². The van der Waals surface area contributed by atoms with Crippen LogP contribution in [-0.2, 0) is 0 Å². The topological polar surface area (TPSA) is 39.1 Å². The van der Waals surface area contributed by atoms with E-state index in [1.165, 1.54) is 6.07 Å². The predicted molar refractivity (Wildman–Crippen MR) is 87.5 cm³/mol. The molecule has 1 atom stereocenters. The summed E-state index contributed by atoms with van der Waals surface area (Å²) >= 11 is 0. The Morgan fingerprint density at radius 1 is 1.17 bits per heavy atom. The lowest BCUT2D eigenvalue weighted by Gasteiger charge is -2.08. The van der Waals surface area contributed by atoms with Crippen molar-refractivity contribution in [3.05, 3.63) is 54.1 Å². The van der Waals surface area contributed by atoms with Crippen molar-refractivity contribution in [2.75, 3.05) is 19.7 Å². The van der Waals surface area contributed by atoms with Gasteiger partial charge in [0.25, 0.3) is 0 Å². The summed E-state index contributed by atoms with van der Waals surface area (Å²) in [5.41, 5.74) is 1.26. The van der Waals surface area contributed by atoms with Crippen molar-refractivity contribution in [3.63, 3.8) is 0 Å². The Morgan fingerprint density at radius 2 is 2.04 bits per heavy atom. The van der Waals surface area contributed by atoms with Gasteiger partial charge in [-0.15, -0.1) is 5.10 Å². The summed E-state index contributed by atoms with van der Waals surface area (Å²) in [6, 6.07) is 11.3. The van der Waals surface area contributed by atoms with E-state index >= 15 is 0 Å². The predicted octanol–water partition coefficient (Wildman–Crippen LogP) is 3.29. The molecule has 1 fully saturated rings. The molecule has 6 heteroatoms. The van der Waals surface area contributed by atoms with Crippen LogP contribution in [-0.4, -0.2) is 29.5 Å². The molecule has 0 saturated carbocycles. The number of nitrogens with zero attached hydrogens (tertiary/aromatic N) is 2. The molecule has 24 heavy (non-hydrogen) atoms. The van der Waals surface area contributed by atoms with Crippen LogP contribution in [0.25, 0.3) is 16.6 Å². The third kappa shape index (κ3) is 2.73. The molecule has 0 radical (unpaired) electrons. The molecule has 0 bridgehead atoms. The minimum absolute atomic E-state index is 0.461. The van der Waals surface area contributed by atoms with Crippen LogP contribution in [0.15, 0.2) is 42.5 Å². The first-order valence-electron chi connectivity index (χ1n) is 7.99. The number of benzene rings is 2. The highest BCUT2D eigenvalue weighted by molar-refractivity contribution is 5.85. The number of fused-ring (bicyclic) bond motifs is 1. The molecule has 1 unspecified atom stereocenters. The molecule has 0 amide bonds. The second-order valence-corrected chi connectivity index (χ2v) is 6.00. The largest absolute Gasteiger partial charge is 0.476 e. The van der Waals surface area contributed by atoms with E-state index in [0.29, 0.717) is 24.1 Å². The molecule has 0 aliphatic carbocycles. The number of ether oxygens (including phenoxy) is 1. The molecular formula is C18H17F2N3O. The first-order chi connectivity index (χ1) is 11.7. The van der Waals surface area contributed by atoms with E-state index in [1.54, 1.807) is 4.68 Å². The minimum atomic E-state index is -0.897. The number of nitrogens with one attached hydrogen (secondary N) is 1. The van der Waals surface area contributed by atoms with E-state index in [0.717, 1.165) is 42.5 Å². The summed E-state index contributed by atoms with van der Waals surface area (Å²) < 4.78 is 34.3. The van der Waals surface area contributed by atoms with Gasteiger partial charge in [-0.1, -0.05) is 12.1 Å². The SMILES string of the molecule is Fc1ccc(-n2nc(OCC3CCNC3)c3ccccc32)cc1F. The Hall–Kier alpha value is -2.47. The fourth-order valence-corrected chi connectivity index (χ4v) is 3.01. The van der Waals surface area contributed by atoms with Crippen molar-refractivity contribution in [1.29, 1.82) is 0 Å². The van der Waals surface area contributed by atoms with Gasteiger partial charge < -0.3 is 10.1 Å². The maximum absolute atomic E-state index is 13.6. The van der Waals surface area contributed by atoms with E-state index in [9.17, 15) is 8.78 Å². The second-order valence-electron chi connectivity index (χ2n) is 6.00. The van der Waals surface area contributed by atoms with Crippen molar-refractivity contribution in [3.8, 4) is 11.6 Å². The van der Waals surface area contributed by atoms with Gasteiger partial charge in [-0.05, 0) is 37.2 Å². The molecule has 124 valence electrons. The molecule has 2 heterocycles. The molecule has 1 N–H and O–H groups in total. The zero-order valence-corrected chi connectivity index (χ0v) is 13.0. The van der Waals surface area contributed by atoms with E-state index in [1.807, 2.05) is 24.3 Å². The molecule has 4 rings (SSSR count). The van der Waals surface area contributed by atoms with Crippen LogP contribution in [0.5, 0.6) is 5.88 Å². The van der Waals surface area contributed by atoms with Crippen molar-refractivity contribution in [2.45, 2.75) is 6.42 Å². The quantitative estimate of drug-likeness (QED) is 0.798. The standard InChI is InChI=1S/C18H17F2N3O/c19-15-6-5-13(9-16(15)20)23-17-4-2-1-3-14(17)18(22-23)24-11-12-7-8-21-10-12/h1-6,9,12,21H,7-8,10-11H2.